The Morgan fingerprint density at radius 3 is 2.53 bits per heavy atom. The second-order valence-electron chi connectivity index (χ2n) is 4.40. The summed E-state index contributed by atoms with van der Waals surface area (Å²) in [6.45, 7) is 0. The van der Waals surface area contributed by atoms with E-state index in [0.717, 1.165) is 16.6 Å². The monoisotopic (exact) mass is 250 g/mol. The quantitative estimate of drug-likeness (QED) is 0.699. The Bertz CT molecular complexity index is 726. The molecule has 0 fully saturated rings. The lowest BCUT2D eigenvalue weighted by Gasteiger charge is -2.02. The summed E-state index contributed by atoms with van der Waals surface area (Å²) in [6.07, 6.45) is 1.78. The van der Waals surface area contributed by atoms with Crippen molar-refractivity contribution >= 4 is 22.4 Å². The molecule has 0 radical (unpaired) electrons. The number of H-pyrrole nitrogens is 1. The van der Waals surface area contributed by atoms with Gasteiger partial charge in [-0.3, -0.25) is 4.79 Å². The summed E-state index contributed by atoms with van der Waals surface area (Å²) in [6, 6.07) is 15.3. The topological polar surface area (TPSA) is 44.9 Å². The molecule has 2 N–H and O–H groups in total. The van der Waals surface area contributed by atoms with Crippen LogP contribution in [0.4, 0.5) is 5.69 Å². The van der Waals surface area contributed by atoms with Crippen LogP contribution in [0.5, 0.6) is 0 Å². The first-order valence-corrected chi connectivity index (χ1v) is 6.18. The molecule has 0 saturated heterocycles. The van der Waals surface area contributed by atoms with Crippen molar-refractivity contribution < 1.29 is 4.79 Å². The molecular formula is C16H14N2O. The maximum Gasteiger partial charge on any atom is 0.195 e. The fourth-order valence-corrected chi connectivity index (χ4v) is 2.20. The lowest BCUT2D eigenvalue weighted by molar-refractivity contribution is 0.104. The van der Waals surface area contributed by atoms with Crippen LogP contribution in [0.15, 0.2) is 54.7 Å². The molecule has 0 spiro atoms. The number of anilines is 1. The number of fused-ring (bicyclic) bond motifs is 1. The van der Waals surface area contributed by atoms with Gasteiger partial charge in [-0.05, 0) is 30.3 Å². The highest BCUT2D eigenvalue weighted by molar-refractivity contribution is 6.16. The molecule has 19 heavy (non-hydrogen) atoms. The van der Waals surface area contributed by atoms with Gasteiger partial charge in [0.05, 0.1) is 0 Å². The van der Waals surface area contributed by atoms with E-state index >= 15 is 0 Å². The van der Waals surface area contributed by atoms with E-state index in [1.54, 1.807) is 6.20 Å². The van der Waals surface area contributed by atoms with Crippen LogP contribution in [-0.4, -0.2) is 17.8 Å². The summed E-state index contributed by atoms with van der Waals surface area (Å²) in [5.74, 6) is 0.0418. The first-order valence-electron chi connectivity index (χ1n) is 6.18. The molecule has 0 saturated carbocycles. The van der Waals surface area contributed by atoms with E-state index in [1.807, 2.05) is 55.6 Å². The van der Waals surface area contributed by atoms with Gasteiger partial charge in [0, 0.05) is 41.0 Å². The molecule has 3 rings (SSSR count). The highest BCUT2D eigenvalue weighted by Crippen LogP contribution is 2.21. The number of carbonyl (C=O) groups excluding carboxylic acids is 1. The van der Waals surface area contributed by atoms with Gasteiger partial charge in [-0.2, -0.15) is 0 Å². The fourth-order valence-electron chi connectivity index (χ4n) is 2.20. The minimum absolute atomic E-state index is 0.0418. The number of carbonyl (C=O) groups is 1. The maximum absolute atomic E-state index is 12.5. The minimum Gasteiger partial charge on any atom is -0.388 e. The average Bonchev–Trinajstić information content (AvgIpc) is 2.90. The van der Waals surface area contributed by atoms with E-state index in [-0.39, 0.29) is 5.78 Å². The zero-order valence-electron chi connectivity index (χ0n) is 10.6. The molecule has 1 aromatic heterocycles. The van der Waals surface area contributed by atoms with Gasteiger partial charge in [-0.1, -0.05) is 18.2 Å². The van der Waals surface area contributed by atoms with Crippen LogP contribution in [0.25, 0.3) is 10.9 Å². The second kappa shape index (κ2) is 4.61. The van der Waals surface area contributed by atoms with Crippen LogP contribution in [0, 0.1) is 0 Å². The Hall–Kier alpha value is -2.55. The Balaban J connectivity index is 2.03. The second-order valence-corrected chi connectivity index (χ2v) is 4.40. The molecule has 0 atom stereocenters. The van der Waals surface area contributed by atoms with Crippen LogP contribution in [0.3, 0.4) is 0 Å². The van der Waals surface area contributed by atoms with Gasteiger partial charge in [-0.15, -0.1) is 0 Å². The Morgan fingerprint density at radius 2 is 1.79 bits per heavy atom. The molecule has 0 bridgehead atoms. The van der Waals surface area contributed by atoms with Crippen molar-refractivity contribution in [3.63, 3.8) is 0 Å². The van der Waals surface area contributed by atoms with Crippen molar-refractivity contribution in [3.05, 3.63) is 65.9 Å². The predicted molar refractivity (Wildman–Crippen MR) is 77.7 cm³/mol. The van der Waals surface area contributed by atoms with Gasteiger partial charge < -0.3 is 10.3 Å². The molecule has 0 unspecified atom stereocenters. The lowest BCUT2D eigenvalue weighted by atomic mass is 10.0. The van der Waals surface area contributed by atoms with Gasteiger partial charge in [0.25, 0.3) is 0 Å². The van der Waals surface area contributed by atoms with E-state index in [0.29, 0.717) is 11.1 Å². The number of nitrogens with one attached hydrogen (secondary N) is 2. The number of para-hydroxylation sites is 1. The molecule has 0 amide bonds. The number of hydrogen-bond donors (Lipinski definition) is 2. The average molecular weight is 250 g/mol. The van der Waals surface area contributed by atoms with Crippen molar-refractivity contribution in [1.29, 1.82) is 0 Å². The van der Waals surface area contributed by atoms with E-state index < -0.39 is 0 Å². The molecule has 3 heteroatoms. The number of rotatable bonds is 3. The third kappa shape index (κ3) is 1.99. The number of aromatic amines is 1. The van der Waals surface area contributed by atoms with E-state index in [4.69, 9.17) is 0 Å². The normalized spacial score (nSPS) is 10.6. The third-order valence-corrected chi connectivity index (χ3v) is 3.27. The largest absolute Gasteiger partial charge is 0.388 e. The van der Waals surface area contributed by atoms with Crippen LogP contribution in [0.1, 0.15) is 15.9 Å². The first-order chi connectivity index (χ1) is 9.29. The number of ketones is 1. The van der Waals surface area contributed by atoms with E-state index in [2.05, 4.69) is 10.3 Å². The SMILES string of the molecule is CNc1ccc(C(=O)c2c[nH]c3ccccc23)cc1. The molecule has 3 aromatic rings. The molecule has 3 nitrogen and oxygen atoms in total. The summed E-state index contributed by atoms with van der Waals surface area (Å²) in [7, 11) is 1.86. The van der Waals surface area contributed by atoms with Gasteiger partial charge in [0.15, 0.2) is 5.78 Å². The zero-order valence-corrected chi connectivity index (χ0v) is 10.6. The molecule has 1 heterocycles. The summed E-state index contributed by atoms with van der Waals surface area (Å²) in [5, 5.41) is 4.00. The molecule has 0 aliphatic carbocycles. The van der Waals surface area contributed by atoms with Gasteiger partial charge >= 0.3 is 0 Å². The molecule has 0 aliphatic heterocycles. The highest BCUT2D eigenvalue weighted by atomic mass is 16.1. The van der Waals surface area contributed by atoms with Crippen LogP contribution < -0.4 is 5.32 Å². The van der Waals surface area contributed by atoms with Crippen LogP contribution in [0.2, 0.25) is 0 Å². The van der Waals surface area contributed by atoms with Gasteiger partial charge in [0.1, 0.15) is 0 Å². The Morgan fingerprint density at radius 1 is 1.05 bits per heavy atom. The van der Waals surface area contributed by atoms with Crippen molar-refractivity contribution in [2.24, 2.45) is 0 Å². The zero-order chi connectivity index (χ0) is 13.2. The lowest BCUT2D eigenvalue weighted by Crippen LogP contribution is -2.00. The number of aromatic nitrogens is 1. The molecule has 94 valence electrons. The maximum atomic E-state index is 12.5. The summed E-state index contributed by atoms with van der Waals surface area (Å²) in [4.78, 5) is 15.6. The molecule has 0 aliphatic rings. The van der Waals surface area contributed by atoms with E-state index in [9.17, 15) is 4.79 Å². The third-order valence-electron chi connectivity index (χ3n) is 3.27. The van der Waals surface area contributed by atoms with Crippen LogP contribution >= 0.6 is 0 Å². The van der Waals surface area contributed by atoms with Crippen molar-refractivity contribution in [2.45, 2.75) is 0 Å². The van der Waals surface area contributed by atoms with Crippen molar-refractivity contribution in [1.82, 2.24) is 4.98 Å². The fraction of sp³-hybridized carbons (Fsp3) is 0.0625. The van der Waals surface area contributed by atoms with E-state index in [1.165, 1.54) is 0 Å². The van der Waals surface area contributed by atoms with Gasteiger partial charge in [0.2, 0.25) is 0 Å². The summed E-state index contributed by atoms with van der Waals surface area (Å²) in [5.41, 5.74) is 3.39. The smallest absolute Gasteiger partial charge is 0.195 e. The molecule has 2 aromatic carbocycles. The Kier molecular flexibility index (Phi) is 2.80. The number of benzene rings is 2. The molecular weight excluding hydrogens is 236 g/mol. The highest BCUT2D eigenvalue weighted by Gasteiger charge is 2.13. The Labute approximate surface area is 111 Å². The van der Waals surface area contributed by atoms with Crippen LogP contribution in [-0.2, 0) is 0 Å². The summed E-state index contributed by atoms with van der Waals surface area (Å²) < 4.78 is 0. The first kappa shape index (κ1) is 11.5. The van der Waals surface area contributed by atoms with Crippen molar-refractivity contribution in [2.75, 3.05) is 12.4 Å². The minimum atomic E-state index is 0.0418. The standard InChI is InChI=1S/C16H14N2O/c1-17-12-8-6-11(7-9-12)16(19)14-10-18-15-5-3-2-4-13(14)15/h2-10,17-18H,1H3. The van der Waals surface area contributed by atoms with Gasteiger partial charge in [-0.25, -0.2) is 0 Å². The summed E-state index contributed by atoms with van der Waals surface area (Å²) >= 11 is 0. The number of hydrogen-bond acceptors (Lipinski definition) is 2. The predicted octanol–water partition coefficient (Wildman–Crippen LogP) is 3.44. The van der Waals surface area contributed by atoms with Crippen molar-refractivity contribution in [3.8, 4) is 0 Å².